The second-order valence-electron chi connectivity index (χ2n) is 8.12. The van der Waals surface area contributed by atoms with Crippen molar-refractivity contribution in [2.45, 2.75) is 31.6 Å². The molecule has 0 atom stereocenters. The van der Waals surface area contributed by atoms with Gasteiger partial charge in [0.05, 0.1) is 25.9 Å². The van der Waals surface area contributed by atoms with E-state index in [2.05, 4.69) is 4.98 Å². The van der Waals surface area contributed by atoms with Gasteiger partial charge in [-0.1, -0.05) is 46.7 Å². The van der Waals surface area contributed by atoms with Gasteiger partial charge in [-0.25, -0.2) is 13.4 Å². The number of sulfone groups is 1. The molecule has 0 aliphatic rings. The van der Waals surface area contributed by atoms with Crippen molar-refractivity contribution in [1.82, 2.24) is 9.88 Å². The summed E-state index contributed by atoms with van der Waals surface area (Å²) in [5.74, 6) is -0.503. The summed E-state index contributed by atoms with van der Waals surface area (Å²) in [7, 11) is 0.393. The van der Waals surface area contributed by atoms with Crippen LogP contribution < -0.4 is 4.90 Å². The van der Waals surface area contributed by atoms with Gasteiger partial charge in [0.1, 0.15) is 0 Å². The number of anilines is 1. The summed E-state index contributed by atoms with van der Waals surface area (Å²) in [5, 5.41) is 1.14. The number of thiazole rings is 1. The van der Waals surface area contributed by atoms with Crippen molar-refractivity contribution in [3.63, 3.8) is 0 Å². The van der Waals surface area contributed by atoms with Gasteiger partial charge in [-0.15, -0.1) is 0 Å². The predicted octanol–water partition coefficient (Wildman–Crippen LogP) is 4.72. The molecular formula is C23H28ClN3O3S2. The highest BCUT2D eigenvalue weighted by Crippen LogP contribution is 2.36. The number of aromatic nitrogens is 1. The summed E-state index contributed by atoms with van der Waals surface area (Å²) in [6.07, 6.45) is 0.632. The van der Waals surface area contributed by atoms with Crippen LogP contribution in [-0.4, -0.2) is 57.1 Å². The summed E-state index contributed by atoms with van der Waals surface area (Å²) >= 11 is 7.72. The van der Waals surface area contributed by atoms with Gasteiger partial charge in [0.2, 0.25) is 5.91 Å². The van der Waals surface area contributed by atoms with Crippen molar-refractivity contribution < 1.29 is 13.2 Å². The summed E-state index contributed by atoms with van der Waals surface area (Å²) in [5.41, 5.74) is 2.74. The van der Waals surface area contributed by atoms with E-state index in [0.29, 0.717) is 16.7 Å². The fraction of sp³-hybridized carbons (Fsp3) is 0.391. The van der Waals surface area contributed by atoms with E-state index < -0.39 is 9.84 Å². The Morgan fingerprint density at radius 1 is 1.06 bits per heavy atom. The molecule has 0 aliphatic carbocycles. The van der Waals surface area contributed by atoms with Crippen LogP contribution in [0.2, 0.25) is 5.02 Å². The average molecular weight is 494 g/mol. The summed E-state index contributed by atoms with van der Waals surface area (Å²) in [6, 6.07) is 10.4. The first-order valence-electron chi connectivity index (χ1n) is 10.4. The van der Waals surface area contributed by atoms with E-state index in [4.69, 9.17) is 11.6 Å². The third-order valence-electron chi connectivity index (χ3n) is 5.17. The number of hydrogen-bond acceptors (Lipinski definition) is 6. The molecule has 0 bridgehead atoms. The lowest BCUT2D eigenvalue weighted by atomic mass is 10.2. The van der Waals surface area contributed by atoms with Crippen LogP contribution in [0.1, 0.15) is 24.0 Å². The van der Waals surface area contributed by atoms with Crippen molar-refractivity contribution in [3.8, 4) is 0 Å². The van der Waals surface area contributed by atoms with Gasteiger partial charge in [-0.3, -0.25) is 9.69 Å². The molecule has 3 aromatic rings. The molecular weight excluding hydrogens is 466 g/mol. The van der Waals surface area contributed by atoms with E-state index in [-0.39, 0.29) is 23.0 Å². The van der Waals surface area contributed by atoms with E-state index in [9.17, 15) is 13.2 Å². The summed E-state index contributed by atoms with van der Waals surface area (Å²) in [6.45, 7) is 5.11. The van der Waals surface area contributed by atoms with Crippen LogP contribution in [0.5, 0.6) is 0 Å². The number of amides is 1. The maximum Gasteiger partial charge on any atom is 0.229 e. The minimum absolute atomic E-state index is 0.110. The molecule has 2 aromatic carbocycles. The van der Waals surface area contributed by atoms with Crippen LogP contribution in [0.4, 0.5) is 5.13 Å². The highest BCUT2D eigenvalue weighted by Gasteiger charge is 2.24. The summed E-state index contributed by atoms with van der Waals surface area (Å²) < 4.78 is 26.3. The molecule has 0 saturated carbocycles. The number of halogens is 1. The first kappa shape index (κ1) is 24.6. The fourth-order valence-corrected chi connectivity index (χ4v) is 5.89. The SMILES string of the molecule is Cc1ccc(S(=O)(=O)CCC(=O)N(CCCN(C)C)c2nc3c(C)ccc(Cl)c3s2)cc1. The van der Waals surface area contributed by atoms with Gasteiger partial charge in [-0.2, -0.15) is 0 Å². The first-order valence-corrected chi connectivity index (χ1v) is 13.2. The molecule has 32 heavy (non-hydrogen) atoms. The lowest BCUT2D eigenvalue weighted by Crippen LogP contribution is -2.34. The molecule has 1 heterocycles. The topological polar surface area (TPSA) is 70.6 Å². The molecule has 0 aliphatic heterocycles. The van der Waals surface area contributed by atoms with Gasteiger partial charge in [-0.05, 0) is 64.7 Å². The molecule has 172 valence electrons. The van der Waals surface area contributed by atoms with Crippen molar-refractivity contribution in [1.29, 1.82) is 0 Å². The molecule has 3 rings (SSSR count). The smallest absolute Gasteiger partial charge is 0.229 e. The Hall–Kier alpha value is -2.00. The molecule has 0 N–H and O–H groups in total. The van der Waals surface area contributed by atoms with Crippen LogP contribution >= 0.6 is 22.9 Å². The van der Waals surface area contributed by atoms with E-state index in [0.717, 1.165) is 34.3 Å². The Morgan fingerprint density at radius 2 is 1.75 bits per heavy atom. The molecule has 0 spiro atoms. The van der Waals surface area contributed by atoms with E-state index in [1.165, 1.54) is 11.3 Å². The number of carbonyl (C=O) groups excluding carboxylic acids is 1. The van der Waals surface area contributed by atoms with Gasteiger partial charge in [0.15, 0.2) is 15.0 Å². The molecule has 0 saturated heterocycles. The number of nitrogens with zero attached hydrogens (tertiary/aromatic N) is 3. The minimum Gasteiger partial charge on any atom is -0.309 e. The highest BCUT2D eigenvalue weighted by atomic mass is 35.5. The van der Waals surface area contributed by atoms with Gasteiger partial charge >= 0.3 is 0 Å². The molecule has 0 unspecified atom stereocenters. The van der Waals surface area contributed by atoms with E-state index in [1.807, 2.05) is 45.0 Å². The lowest BCUT2D eigenvalue weighted by molar-refractivity contribution is -0.118. The van der Waals surface area contributed by atoms with Crippen LogP contribution in [0.3, 0.4) is 0 Å². The van der Waals surface area contributed by atoms with Crippen LogP contribution in [0, 0.1) is 13.8 Å². The Morgan fingerprint density at radius 3 is 2.38 bits per heavy atom. The molecule has 6 nitrogen and oxygen atoms in total. The second kappa shape index (κ2) is 10.3. The number of benzene rings is 2. The zero-order valence-corrected chi connectivity index (χ0v) is 21.1. The third kappa shape index (κ3) is 5.86. The number of aryl methyl sites for hydroxylation is 2. The third-order valence-corrected chi connectivity index (χ3v) is 8.44. The number of hydrogen-bond donors (Lipinski definition) is 0. The monoisotopic (exact) mass is 493 g/mol. The quantitative estimate of drug-likeness (QED) is 0.431. The fourth-order valence-electron chi connectivity index (χ4n) is 3.30. The number of fused-ring (bicyclic) bond motifs is 1. The minimum atomic E-state index is -3.55. The standard InChI is InChI=1S/C23H28ClN3O3S2/c1-16-6-9-18(10-7-16)32(29,30)15-12-20(28)27(14-5-13-26(3)4)23-25-21-17(2)8-11-19(24)22(21)31-23/h6-11H,5,12-15H2,1-4H3. The average Bonchev–Trinajstić information content (AvgIpc) is 3.19. The first-order chi connectivity index (χ1) is 15.1. The molecule has 9 heteroatoms. The van der Waals surface area contributed by atoms with Crippen molar-refractivity contribution >= 4 is 54.0 Å². The Balaban J connectivity index is 1.83. The van der Waals surface area contributed by atoms with Crippen LogP contribution in [-0.2, 0) is 14.6 Å². The van der Waals surface area contributed by atoms with Gasteiger partial charge < -0.3 is 4.90 Å². The Bertz CT molecular complexity index is 1170. The van der Waals surface area contributed by atoms with Crippen molar-refractivity contribution in [2.75, 3.05) is 37.8 Å². The molecule has 0 radical (unpaired) electrons. The normalized spacial score (nSPS) is 11.9. The zero-order chi connectivity index (χ0) is 23.5. The second-order valence-corrected chi connectivity index (χ2v) is 11.6. The predicted molar refractivity (Wildman–Crippen MR) is 133 cm³/mol. The maximum atomic E-state index is 13.2. The van der Waals surface area contributed by atoms with Gasteiger partial charge in [0.25, 0.3) is 0 Å². The lowest BCUT2D eigenvalue weighted by Gasteiger charge is -2.21. The zero-order valence-electron chi connectivity index (χ0n) is 18.8. The Kier molecular flexibility index (Phi) is 7.92. The van der Waals surface area contributed by atoms with E-state index in [1.54, 1.807) is 29.2 Å². The summed E-state index contributed by atoms with van der Waals surface area (Å²) in [4.78, 5) is 21.7. The number of carbonyl (C=O) groups is 1. The van der Waals surface area contributed by atoms with Crippen LogP contribution in [0.15, 0.2) is 41.3 Å². The molecule has 1 amide bonds. The Labute approximate surface area is 198 Å². The van der Waals surface area contributed by atoms with Crippen molar-refractivity contribution in [2.24, 2.45) is 0 Å². The number of rotatable bonds is 9. The van der Waals surface area contributed by atoms with E-state index >= 15 is 0 Å². The maximum absolute atomic E-state index is 13.2. The largest absolute Gasteiger partial charge is 0.309 e. The molecule has 1 aromatic heterocycles. The van der Waals surface area contributed by atoms with Crippen LogP contribution in [0.25, 0.3) is 10.2 Å². The van der Waals surface area contributed by atoms with Gasteiger partial charge in [0, 0.05) is 13.0 Å². The highest BCUT2D eigenvalue weighted by molar-refractivity contribution is 7.91. The van der Waals surface area contributed by atoms with Crippen molar-refractivity contribution in [3.05, 3.63) is 52.5 Å². The molecule has 0 fully saturated rings.